The van der Waals surface area contributed by atoms with Crippen molar-refractivity contribution in [1.82, 2.24) is 9.97 Å². The molecule has 1 saturated carbocycles. The van der Waals surface area contributed by atoms with E-state index in [0.29, 0.717) is 5.56 Å². The van der Waals surface area contributed by atoms with E-state index in [9.17, 15) is 5.26 Å². The molecule has 0 spiro atoms. The van der Waals surface area contributed by atoms with Crippen LogP contribution in [-0.2, 0) is 0 Å². The molecule has 140 valence electrons. The molecule has 28 heavy (non-hydrogen) atoms. The average molecular weight is 370 g/mol. The summed E-state index contributed by atoms with van der Waals surface area (Å²) in [6.45, 7) is 0.932. The Morgan fingerprint density at radius 2 is 2.29 bits per heavy atom. The quantitative estimate of drug-likeness (QED) is 0.572. The van der Waals surface area contributed by atoms with Gasteiger partial charge in [0.2, 0.25) is 0 Å². The van der Waals surface area contributed by atoms with Gasteiger partial charge in [-0.3, -0.25) is 4.99 Å². The second kappa shape index (κ2) is 7.57. The van der Waals surface area contributed by atoms with E-state index in [0.717, 1.165) is 51.4 Å². The van der Waals surface area contributed by atoms with Crippen molar-refractivity contribution in [2.24, 2.45) is 16.6 Å². The van der Waals surface area contributed by atoms with Gasteiger partial charge in [0.1, 0.15) is 11.7 Å². The molecular weight excluding hydrogens is 348 g/mol. The molecular formula is C22H22N6. The number of aliphatic imine (C=N–C) groups is 1. The lowest BCUT2D eigenvalue weighted by molar-refractivity contribution is 0.889. The van der Waals surface area contributed by atoms with Gasteiger partial charge in [-0.05, 0) is 42.5 Å². The first kappa shape index (κ1) is 17.8. The van der Waals surface area contributed by atoms with E-state index in [1.54, 1.807) is 19.5 Å². The van der Waals surface area contributed by atoms with Crippen molar-refractivity contribution in [3.05, 3.63) is 54.0 Å². The molecule has 0 aliphatic heterocycles. The summed E-state index contributed by atoms with van der Waals surface area (Å²) in [6.07, 6.45) is 9.49. The largest absolute Gasteiger partial charge is 0.404 e. The molecule has 0 bridgehead atoms. The second-order valence-electron chi connectivity index (χ2n) is 7.03. The number of allylic oxidation sites excluding steroid dienone is 1. The molecule has 1 fully saturated rings. The molecule has 0 saturated heterocycles. The minimum absolute atomic E-state index is 0.650. The van der Waals surface area contributed by atoms with Crippen LogP contribution in [0.25, 0.3) is 27.7 Å². The lowest BCUT2D eigenvalue weighted by atomic mass is 10.0. The van der Waals surface area contributed by atoms with Gasteiger partial charge in [-0.15, -0.1) is 0 Å². The zero-order chi connectivity index (χ0) is 19.5. The van der Waals surface area contributed by atoms with Crippen molar-refractivity contribution in [3.63, 3.8) is 0 Å². The van der Waals surface area contributed by atoms with E-state index in [2.05, 4.69) is 26.3 Å². The molecule has 6 heteroatoms. The number of nitrogens with one attached hydrogen (secondary N) is 2. The summed E-state index contributed by atoms with van der Waals surface area (Å²) in [5.41, 5.74) is 11.7. The molecule has 2 aromatic heterocycles. The Labute approximate surface area is 163 Å². The molecule has 1 aliphatic carbocycles. The molecule has 2 heterocycles. The molecule has 0 radical (unpaired) electrons. The van der Waals surface area contributed by atoms with Crippen LogP contribution >= 0.6 is 0 Å². The maximum absolute atomic E-state index is 9.60. The molecule has 0 unspecified atom stereocenters. The molecule has 0 amide bonds. The third-order valence-electron chi connectivity index (χ3n) is 5.04. The third-order valence-corrected chi connectivity index (χ3v) is 5.04. The average Bonchev–Trinajstić information content (AvgIpc) is 3.47. The van der Waals surface area contributed by atoms with Crippen LogP contribution in [-0.4, -0.2) is 29.8 Å². The first-order valence-electron chi connectivity index (χ1n) is 9.33. The zero-order valence-electron chi connectivity index (χ0n) is 15.7. The Morgan fingerprint density at radius 1 is 1.43 bits per heavy atom. The zero-order valence-corrected chi connectivity index (χ0v) is 15.7. The highest BCUT2D eigenvalue weighted by atomic mass is 14.9. The fourth-order valence-corrected chi connectivity index (χ4v) is 3.29. The molecule has 6 nitrogen and oxygen atoms in total. The Hall–Kier alpha value is -3.59. The minimum atomic E-state index is 0.650. The van der Waals surface area contributed by atoms with E-state index < -0.39 is 0 Å². The van der Waals surface area contributed by atoms with Gasteiger partial charge >= 0.3 is 0 Å². The number of benzene rings is 1. The fourth-order valence-electron chi connectivity index (χ4n) is 3.29. The number of rotatable bonds is 6. The predicted molar refractivity (Wildman–Crippen MR) is 114 cm³/mol. The van der Waals surface area contributed by atoms with Gasteiger partial charge in [-0.2, -0.15) is 5.26 Å². The predicted octanol–water partition coefficient (Wildman–Crippen LogP) is 3.92. The van der Waals surface area contributed by atoms with Crippen LogP contribution in [0.4, 0.5) is 5.69 Å². The molecule has 1 aliphatic rings. The lowest BCUT2D eigenvalue weighted by Crippen LogP contribution is -2.04. The normalized spacial score (nSPS) is 14.5. The number of nitriles is 1. The number of anilines is 1. The van der Waals surface area contributed by atoms with Crippen LogP contribution in [0.1, 0.15) is 24.0 Å². The van der Waals surface area contributed by atoms with Crippen LogP contribution in [0.5, 0.6) is 0 Å². The summed E-state index contributed by atoms with van der Waals surface area (Å²) >= 11 is 0. The smallest absolute Gasteiger partial charge is 0.137 e. The SMILES string of the molecule is CN=C/C(=C\N)c1cnc2[nH]cc(-c3ccc(NCC4CC4)c(C#N)c3)c2c1. The number of nitrogens with zero attached hydrogens (tertiary/aromatic N) is 3. The maximum Gasteiger partial charge on any atom is 0.137 e. The summed E-state index contributed by atoms with van der Waals surface area (Å²) in [4.78, 5) is 11.8. The topological polar surface area (TPSA) is 103 Å². The third kappa shape index (κ3) is 3.47. The Bertz CT molecular complexity index is 1110. The number of nitrogens with two attached hydrogens (primary N) is 1. The Balaban J connectivity index is 1.73. The lowest BCUT2D eigenvalue weighted by Gasteiger charge is -2.09. The standard InChI is InChI=1S/C22H22N6/c1-25-11-18(9-24)17-7-19-20(13-28-22(19)27-12-17)15-4-5-21(16(6-15)8-23)26-10-14-2-3-14/h4-7,9,11-14,26H,2-3,10,24H2,1H3,(H,27,28)/b18-9+,25-11?. The molecule has 4 rings (SSSR count). The minimum Gasteiger partial charge on any atom is -0.404 e. The van der Waals surface area contributed by atoms with Crippen molar-refractivity contribution in [3.8, 4) is 17.2 Å². The van der Waals surface area contributed by atoms with Gasteiger partial charge in [-0.1, -0.05) is 6.07 Å². The summed E-state index contributed by atoms with van der Waals surface area (Å²) in [6, 6.07) is 10.3. The van der Waals surface area contributed by atoms with E-state index >= 15 is 0 Å². The number of fused-ring (bicyclic) bond motifs is 1. The first-order chi connectivity index (χ1) is 13.7. The van der Waals surface area contributed by atoms with Crippen LogP contribution in [0, 0.1) is 17.2 Å². The molecule has 1 aromatic carbocycles. The first-order valence-corrected chi connectivity index (χ1v) is 9.33. The highest BCUT2D eigenvalue weighted by molar-refractivity contribution is 6.10. The monoisotopic (exact) mass is 370 g/mol. The highest BCUT2D eigenvalue weighted by Gasteiger charge is 2.21. The summed E-state index contributed by atoms with van der Waals surface area (Å²) in [5, 5.41) is 14.0. The number of hydrogen-bond acceptors (Lipinski definition) is 5. The fraction of sp³-hybridized carbons (Fsp3) is 0.227. The molecule has 4 N–H and O–H groups in total. The van der Waals surface area contributed by atoms with Crippen molar-refractivity contribution in [1.29, 1.82) is 5.26 Å². The maximum atomic E-state index is 9.60. The number of pyridine rings is 1. The second-order valence-corrected chi connectivity index (χ2v) is 7.03. The summed E-state index contributed by atoms with van der Waals surface area (Å²) < 4.78 is 0. The molecule has 3 aromatic rings. The highest BCUT2D eigenvalue weighted by Crippen LogP contribution is 2.33. The van der Waals surface area contributed by atoms with Gasteiger partial charge in [-0.25, -0.2) is 4.98 Å². The van der Waals surface area contributed by atoms with Gasteiger partial charge < -0.3 is 16.0 Å². The van der Waals surface area contributed by atoms with Crippen molar-refractivity contribution < 1.29 is 0 Å². The van der Waals surface area contributed by atoms with Gasteiger partial charge in [0.15, 0.2) is 0 Å². The number of aromatic nitrogens is 2. The van der Waals surface area contributed by atoms with E-state index in [-0.39, 0.29) is 0 Å². The number of H-pyrrole nitrogens is 1. The van der Waals surface area contributed by atoms with E-state index in [4.69, 9.17) is 5.73 Å². The van der Waals surface area contributed by atoms with Gasteiger partial charge in [0.05, 0.1) is 11.3 Å². The van der Waals surface area contributed by atoms with Crippen molar-refractivity contribution in [2.45, 2.75) is 12.8 Å². The summed E-state index contributed by atoms with van der Waals surface area (Å²) in [7, 11) is 1.71. The van der Waals surface area contributed by atoms with Crippen LogP contribution in [0.15, 0.2) is 47.9 Å². The van der Waals surface area contributed by atoms with E-state index in [1.165, 1.54) is 19.0 Å². The number of hydrogen-bond donors (Lipinski definition) is 3. The van der Waals surface area contributed by atoms with Crippen LogP contribution < -0.4 is 11.1 Å². The summed E-state index contributed by atoms with van der Waals surface area (Å²) in [5.74, 6) is 0.751. The van der Waals surface area contributed by atoms with Crippen molar-refractivity contribution >= 4 is 28.5 Å². The van der Waals surface area contributed by atoms with Gasteiger partial charge in [0, 0.05) is 60.5 Å². The van der Waals surface area contributed by atoms with E-state index in [1.807, 2.05) is 30.5 Å². The Morgan fingerprint density at radius 3 is 3.00 bits per heavy atom. The van der Waals surface area contributed by atoms with Crippen LogP contribution in [0.2, 0.25) is 0 Å². The molecule has 0 atom stereocenters. The van der Waals surface area contributed by atoms with Crippen molar-refractivity contribution in [2.75, 3.05) is 18.9 Å². The van der Waals surface area contributed by atoms with Crippen LogP contribution in [0.3, 0.4) is 0 Å². The Kier molecular flexibility index (Phi) is 4.81. The van der Waals surface area contributed by atoms with Gasteiger partial charge in [0.25, 0.3) is 0 Å². The number of aromatic amines is 1.